The first-order chi connectivity index (χ1) is 28.5. The summed E-state index contributed by atoms with van der Waals surface area (Å²) in [5.41, 5.74) is 16.9. The minimum Gasteiger partial charge on any atom is -0.311 e. The number of benzene rings is 7. The molecule has 0 amide bonds. The summed E-state index contributed by atoms with van der Waals surface area (Å²) >= 11 is 0. The number of para-hydroxylation sites is 2. The van der Waals surface area contributed by atoms with Gasteiger partial charge in [-0.3, -0.25) is 0 Å². The van der Waals surface area contributed by atoms with Crippen LogP contribution in [0.15, 0.2) is 176 Å². The Morgan fingerprint density at radius 2 is 0.845 bits per heavy atom. The molecule has 0 atom stereocenters. The summed E-state index contributed by atoms with van der Waals surface area (Å²) in [4.78, 5) is 4.84. The molecular weight excluding hydrogens is 701 g/mol. The van der Waals surface area contributed by atoms with E-state index in [0.29, 0.717) is 5.92 Å². The second-order valence-corrected chi connectivity index (χ2v) is 17.6. The van der Waals surface area contributed by atoms with Crippen molar-refractivity contribution in [2.75, 3.05) is 9.80 Å². The third-order valence-electron chi connectivity index (χ3n) is 13.9. The molecule has 0 radical (unpaired) electrons. The van der Waals surface area contributed by atoms with Crippen LogP contribution >= 0.6 is 0 Å². The zero-order valence-electron chi connectivity index (χ0n) is 34.1. The van der Waals surface area contributed by atoms with E-state index in [9.17, 15) is 0 Å². The van der Waals surface area contributed by atoms with Crippen molar-refractivity contribution >= 4 is 34.1 Å². The van der Waals surface area contributed by atoms with Crippen LogP contribution in [0.4, 0.5) is 34.1 Å². The number of nitrogens with zero attached hydrogens (tertiary/aromatic N) is 2. The minimum atomic E-state index is -0.0168. The zero-order valence-corrected chi connectivity index (χ0v) is 34.1. The largest absolute Gasteiger partial charge is 0.311 e. The highest BCUT2D eigenvalue weighted by Gasteiger charge is 2.38. The summed E-state index contributed by atoms with van der Waals surface area (Å²) in [6, 6.07) is 66.3. The molecule has 0 heterocycles. The van der Waals surface area contributed by atoms with Crippen LogP contribution in [-0.4, -0.2) is 0 Å². The van der Waals surface area contributed by atoms with E-state index in [2.05, 4.69) is 200 Å². The van der Waals surface area contributed by atoms with Crippen molar-refractivity contribution < 1.29 is 0 Å². The number of fused-ring (bicyclic) bond motifs is 3. The predicted octanol–water partition coefficient (Wildman–Crippen LogP) is 15.8. The average Bonchev–Trinajstić information content (AvgIpc) is 3.87. The van der Waals surface area contributed by atoms with Crippen molar-refractivity contribution in [2.45, 2.75) is 88.4 Å². The molecule has 0 spiro atoms. The second kappa shape index (κ2) is 15.1. The standard InChI is InChI=1S/C56H54N2/c1-55(2)53-23-13-12-22-51(53)52-40-50(36-37-54(52)55)58(46-20-10-5-11-21-46)49-34-28-44(29-35-49)56(38-14-15-39-56)43-26-32-48(33-27-43)57(45-18-8-4-9-19-45)47-30-24-42(25-31-47)41-16-6-3-7-17-41/h4-5,8-13,18-37,40-41H,3,6-7,14-17,38-39H2,1-2H3. The van der Waals surface area contributed by atoms with Gasteiger partial charge in [-0.05, 0) is 143 Å². The molecule has 2 heteroatoms. The van der Waals surface area contributed by atoms with E-state index in [0.717, 1.165) is 0 Å². The molecule has 2 saturated carbocycles. The van der Waals surface area contributed by atoms with Gasteiger partial charge in [-0.25, -0.2) is 0 Å². The van der Waals surface area contributed by atoms with Crippen LogP contribution in [0.5, 0.6) is 0 Å². The predicted molar refractivity (Wildman–Crippen MR) is 245 cm³/mol. The zero-order chi connectivity index (χ0) is 39.1. The Bertz CT molecular complexity index is 2490. The lowest BCUT2D eigenvalue weighted by molar-refractivity contribution is 0.443. The molecular formula is C56H54N2. The van der Waals surface area contributed by atoms with Crippen molar-refractivity contribution in [1.82, 2.24) is 0 Å². The number of hydrogen-bond donors (Lipinski definition) is 0. The summed E-state index contributed by atoms with van der Waals surface area (Å²) < 4.78 is 0. The molecule has 0 saturated heterocycles. The topological polar surface area (TPSA) is 6.48 Å². The molecule has 2 fully saturated rings. The maximum atomic E-state index is 2.42. The van der Waals surface area contributed by atoms with Crippen LogP contribution in [0.25, 0.3) is 11.1 Å². The third-order valence-corrected chi connectivity index (χ3v) is 13.9. The number of rotatable bonds is 9. The van der Waals surface area contributed by atoms with Gasteiger partial charge in [0.15, 0.2) is 0 Å². The molecule has 0 bridgehead atoms. The molecule has 288 valence electrons. The van der Waals surface area contributed by atoms with Crippen LogP contribution in [0, 0.1) is 0 Å². The summed E-state index contributed by atoms with van der Waals surface area (Å²) in [5, 5.41) is 0. The molecule has 7 aromatic rings. The summed E-state index contributed by atoms with van der Waals surface area (Å²) in [7, 11) is 0. The van der Waals surface area contributed by atoms with Crippen molar-refractivity contribution in [2.24, 2.45) is 0 Å². The fourth-order valence-electron chi connectivity index (χ4n) is 10.8. The van der Waals surface area contributed by atoms with E-state index in [1.807, 2.05) is 0 Å². The minimum absolute atomic E-state index is 0.00325. The van der Waals surface area contributed by atoms with E-state index in [4.69, 9.17) is 0 Å². The fraction of sp³-hybridized carbons (Fsp3) is 0.250. The lowest BCUT2D eigenvalue weighted by Gasteiger charge is -2.33. The highest BCUT2D eigenvalue weighted by Crippen LogP contribution is 2.52. The number of hydrogen-bond acceptors (Lipinski definition) is 2. The van der Waals surface area contributed by atoms with Crippen molar-refractivity contribution in [3.63, 3.8) is 0 Å². The first-order valence-corrected chi connectivity index (χ1v) is 21.8. The molecule has 3 aliphatic carbocycles. The van der Waals surface area contributed by atoms with E-state index < -0.39 is 0 Å². The molecule has 3 aliphatic rings. The maximum absolute atomic E-state index is 2.42. The van der Waals surface area contributed by atoms with Gasteiger partial charge in [0, 0.05) is 45.0 Å². The normalized spacial score (nSPS) is 16.7. The first kappa shape index (κ1) is 36.5. The Hall–Kier alpha value is -5.86. The van der Waals surface area contributed by atoms with Crippen molar-refractivity contribution in [3.8, 4) is 11.1 Å². The van der Waals surface area contributed by atoms with Crippen molar-refractivity contribution in [3.05, 3.63) is 204 Å². The van der Waals surface area contributed by atoms with Gasteiger partial charge < -0.3 is 9.80 Å². The fourth-order valence-corrected chi connectivity index (χ4v) is 10.8. The molecule has 0 aromatic heterocycles. The van der Waals surface area contributed by atoms with Crippen LogP contribution < -0.4 is 9.80 Å². The molecule has 0 unspecified atom stereocenters. The maximum Gasteiger partial charge on any atom is 0.0468 e. The highest BCUT2D eigenvalue weighted by atomic mass is 15.1. The van der Waals surface area contributed by atoms with Crippen LogP contribution in [0.1, 0.15) is 105 Å². The second-order valence-electron chi connectivity index (χ2n) is 17.6. The van der Waals surface area contributed by atoms with Gasteiger partial charge in [0.2, 0.25) is 0 Å². The SMILES string of the molecule is CC1(C)c2ccccc2-c2cc(N(c3ccccc3)c3ccc(C4(c5ccc(N(c6ccccc6)c6ccc(C7CCCCC7)cc6)cc5)CCCC4)cc3)ccc21. The summed E-state index contributed by atoms with van der Waals surface area (Å²) in [6.45, 7) is 4.71. The van der Waals surface area contributed by atoms with Crippen molar-refractivity contribution in [1.29, 1.82) is 0 Å². The van der Waals surface area contributed by atoms with E-state index in [-0.39, 0.29) is 10.8 Å². The van der Waals surface area contributed by atoms with Crippen LogP contribution in [-0.2, 0) is 10.8 Å². The Balaban J connectivity index is 0.978. The Labute approximate surface area is 345 Å². The van der Waals surface area contributed by atoms with Gasteiger partial charge in [0.25, 0.3) is 0 Å². The van der Waals surface area contributed by atoms with Gasteiger partial charge in [-0.2, -0.15) is 0 Å². The van der Waals surface area contributed by atoms with Gasteiger partial charge in [-0.1, -0.05) is 149 Å². The number of anilines is 6. The molecule has 0 N–H and O–H groups in total. The molecule has 58 heavy (non-hydrogen) atoms. The molecule has 0 aliphatic heterocycles. The average molecular weight is 755 g/mol. The summed E-state index contributed by atoms with van der Waals surface area (Å²) in [6.07, 6.45) is 11.6. The van der Waals surface area contributed by atoms with Gasteiger partial charge >= 0.3 is 0 Å². The quantitative estimate of drug-likeness (QED) is 0.145. The highest BCUT2D eigenvalue weighted by molar-refractivity contribution is 5.86. The lowest BCUT2D eigenvalue weighted by Crippen LogP contribution is -2.24. The van der Waals surface area contributed by atoms with Gasteiger partial charge in [0.1, 0.15) is 0 Å². The molecule has 10 rings (SSSR count). The first-order valence-electron chi connectivity index (χ1n) is 21.8. The Morgan fingerprint density at radius 3 is 1.41 bits per heavy atom. The van der Waals surface area contributed by atoms with Crippen LogP contribution in [0.2, 0.25) is 0 Å². The third kappa shape index (κ3) is 6.44. The van der Waals surface area contributed by atoms with Crippen LogP contribution in [0.3, 0.4) is 0 Å². The molecule has 2 nitrogen and oxygen atoms in total. The summed E-state index contributed by atoms with van der Waals surface area (Å²) in [5.74, 6) is 0.704. The Morgan fingerprint density at radius 1 is 0.397 bits per heavy atom. The Kier molecular flexibility index (Phi) is 9.52. The monoisotopic (exact) mass is 754 g/mol. The molecule has 7 aromatic carbocycles. The smallest absolute Gasteiger partial charge is 0.0468 e. The van der Waals surface area contributed by atoms with E-state index in [1.165, 1.54) is 131 Å². The van der Waals surface area contributed by atoms with Gasteiger partial charge in [0.05, 0.1) is 0 Å². The van der Waals surface area contributed by atoms with Gasteiger partial charge in [-0.15, -0.1) is 0 Å². The lowest BCUT2D eigenvalue weighted by atomic mass is 9.73. The van der Waals surface area contributed by atoms with E-state index in [1.54, 1.807) is 0 Å². The van der Waals surface area contributed by atoms with E-state index >= 15 is 0 Å².